The second-order valence-electron chi connectivity index (χ2n) is 4.23. The van der Waals surface area contributed by atoms with E-state index in [1.165, 1.54) is 0 Å². The van der Waals surface area contributed by atoms with Crippen LogP contribution in [0.3, 0.4) is 0 Å². The van der Waals surface area contributed by atoms with Crippen LogP contribution in [0.25, 0.3) is 17.1 Å². The summed E-state index contributed by atoms with van der Waals surface area (Å²) in [6.45, 7) is 1.90. The molecular weight excluding hydrogens is 254 g/mol. The molecule has 0 unspecified atom stereocenters. The smallest absolute Gasteiger partial charge is 0.213 e. The first-order valence-electron chi connectivity index (χ1n) is 6.11. The summed E-state index contributed by atoms with van der Waals surface area (Å²) in [5, 5.41) is 4.31. The highest BCUT2D eigenvalue weighted by Crippen LogP contribution is 2.20. The van der Waals surface area contributed by atoms with Crippen LogP contribution in [0, 0.1) is 6.92 Å². The van der Waals surface area contributed by atoms with Crippen molar-refractivity contribution in [2.45, 2.75) is 6.92 Å². The Hall–Kier alpha value is -2.76. The summed E-state index contributed by atoms with van der Waals surface area (Å²) < 4.78 is 6.82. The molecule has 3 rings (SSSR count). The molecule has 6 nitrogen and oxygen atoms in total. The standard InChI is InChI=1S/C14H13N5O/c1-10-7-16-12(9-15-10)13-5-6-18-19(13)11-3-4-14(20-2)17-8-11/h3-9H,1-2H3. The molecule has 3 aromatic heterocycles. The van der Waals surface area contributed by atoms with E-state index in [1.807, 2.05) is 19.1 Å². The SMILES string of the molecule is COc1ccc(-n2nccc2-c2cnc(C)cn2)cn1. The van der Waals surface area contributed by atoms with E-state index in [4.69, 9.17) is 4.74 Å². The normalized spacial score (nSPS) is 10.5. The van der Waals surface area contributed by atoms with Crippen LogP contribution in [0.15, 0.2) is 43.0 Å². The number of aromatic nitrogens is 5. The molecule has 0 aliphatic heterocycles. The topological polar surface area (TPSA) is 65.7 Å². The van der Waals surface area contributed by atoms with Gasteiger partial charge >= 0.3 is 0 Å². The molecule has 6 heteroatoms. The Labute approximate surface area is 116 Å². The van der Waals surface area contributed by atoms with Crippen LogP contribution < -0.4 is 4.74 Å². The molecule has 0 radical (unpaired) electrons. The van der Waals surface area contributed by atoms with Gasteiger partial charge in [-0.05, 0) is 19.1 Å². The maximum Gasteiger partial charge on any atom is 0.213 e. The van der Waals surface area contributed by atoms with Crippen LogP contribution in [-0.4, -0.2) is 31.8 Å². The third-order valence-electron chi connectivity index (χ3n) is 2.86. The summed E-state index contributed by atoms with van der Waals surface area (Å²) in [4.78, 5) is 12.8. The van der Waals surface area contributed by atoms with Crippen molar-refractivity contribution < 1.29 is 4.74 Å². The Morgan fingerprint density at radius 1 is 1.00 bits per heavy atom. The molecule has 0 atom stereocenters. The number of methoxy groups -OCH3 is 1. The fourth-order valence-electron chi connectivity index (χ4n) is 1.85. The van der Waals surface area contributed by atoms with E-state index in [9.17, 15) is 0 Å². The third kappa shape index (κ3) is 2.23. The van der Waals surface area contributed by atoms with Crippen LogP contribution in [0.5, 0.6) is 5.88 Å². The van der Waals surface area contributed by atoms with Gasteiger partial charge in [0.15, 0.2) is 0 Å². The van der Waals surface area contributed by atoms with Crippen molar-refractivity contribution in [2.24, 2.45) is 0 Å². The summed E-state index contributed by atoms with van der Waals surface area (Å²) >= 11 is 0. The van der Waals surface area contributed by atoms with E-state index >= 15 is 0 Å². The van der Waals surface area contributed by atoms with Crippen molar-refractivity contribution >= 4 is 0 Å². The summed E-state index contributed by atoms with van der Waals surface area (Å²) in [5.74, 6) is 0.567. The number of aryl methyl sites for hydroxylation is 1. The van der Waals surface area contributed by atoms with Gasteiger partial charge in [-0.25, -0.2) is 9.67 Å². The van der Waals surface area contributed by atoms with Gasteiger partial charge in [0.1, 0.15) is 5.69 Å². The van der Waals surface area contributed by atoms with Crippen molar-refractivity contribution in [1.82, 2.24) is 24.7 Å². The zero-order valence-electron chi connectivity index (χ0n) is 11.2. The fourth-order valence-corrected chi connectivity index (χ4v) is 1.85. The predicted molar refractivity (Wildman–Crippen MR) is 73.7 cm³/mol. The van der Waals surface area contributed by atoms with Gasteiger partial charge in [-0.15, -0.1) is 0 Å². The fraction of sp³-hybridized carbons (Fsp3) is 0.143. The molecule has 0 fully saturated rings. The number of hydrogen-bond donors (Lipinski definition) is 0. The average Bonchev–Trinajstić information content (AvgIpc) is 2.97. The first kappa shape index (κ1) is 12.3. The molecule has 0 aromatic carbocycles. The summed E-state index contributed by atoms with van der Waals surface area (Å²) in [6, 6.07) is 5.58. The Bertz CT molecular complexity index is 703. The second kappa shape index (κ2) is 5.08. The molecule has 0 aliphatic rings. The maximum atomic E-state index is 5.05. The number of hydrogen-bond acceptors (Lipinski definition) is 5. The van der Waals surface area contributed by atoms with Crippen molar-refractivity contribution in [1.29, 1.82) is 0 Å². The van der Waals surface area contributed by atoms with Gasteiger partial charge in [-0.3, -0.25) is 9.97 Å². The van der Waals surface area contributed by atoms with Crippen molar-refractivity contribution in [3.63, 3.8) is 0 Å². The minimum atomic E-state index is 0.567. The van der Waals surface area contributed by atoms with Gasteiger partial charge < -0.3 is 4.74 Å². The van der Waals surface area contributed by atoms with E-state index in [1.54, 1.807) is 42.6 Å². The van der Waals surface area contributed by atoms with Gasteiger partial charge in [0.2, 0.25) is 5.88 Å². The molecule has 0 N–H and O–H groups in total. The van der Waals surface area contributed by atoms with Crippen molar-refractivity contribution in [3.8, 4) is 23.0 Å². The Balaban J connectivity index is 2.02. The third-order valence-corrected chi connectivity index (χ3v) is 2.86. The minimum Gasteiger partial charge on any atom is -0.481 e. The number of nitrogens with zero attached hydrogens (tertiary/aromatic N) is 5. The van der Waals surface area contributed by atoms with Crippen LogP contribution in [0.4, 0.5) is 0 Å². The lowest BCUT2D eigenvalue weighted by Crippen LogP contribution is -2.01. The number of rotatable bonds is 3. The summed E-state index contributed by atoms with van der Waals surface area (Å²) in [5.41, 5.74) is 3.35. The molecule has 20 heavy (non-hydrogen) atoms. The first-order valence-corrected chi connectivity index (χ1v) is 6.11. The van der Waals surface area contributed by atoms with Crippen LogP contribution in [0.1, 0.15) is 5.69 Å². The van der Waals surface area contributed by atoms with Gasteiger partial charge in [0.05, 0.1) is 42.8 Å². The van der Waals surface area contributed by atoms with Crippen LogP contribution in [0.2, 0.25) is 0 Å². The van der Waals surface area contributed by atoms with Gasteiger partial charge in [0.25, 0.3) is 0 Å². The van der Waals surface area contributed by atoms with Gasteiger partial charge in [0, 0.05) is 12.3 Å². The second-order valence-corrected chi connectivity index (χ2v) is 4.23. The van der Waals surface area contributed by atoms with Crippen LogP contribution >= 0.6 is 0 Å². The summed E-state index contributed by atoms with van der Waals surface area (Å²) in [6.07, 6.45) is 6.90. The molecular formula is C14H13N5O. The number of pyridine rings is 1. The minimum absolute atomic E-state index is 0.567. The Morgan fingerprint density at radius 3 is 2.55 bits per heavy atom. The molecule has 0 saturated carbocycles. The maximum absolute atomic E-state index is 5.05. The molecule has 3 heterocycles. The van der Waals surface area contributed by atoms with Crippen molar-refractivity contribution in [3.05, 3.63) is 48.7 Å². The van der Waals surface area contributed by atoms with E-state index in [0.717, 1.165) is 22.8 Å². The lowest BCUT2D eigenvalue weighted by atomic mass is 10.3. The molecule has 0 amide bonds. The summed E-state index contributed by atoms with van der Waals surface area (Å²) in [7, 11) is 1.59. The quantitative estimate of drug-likeness (QED) is 0.726. The highest BCUT2D eigenvalue weighted by molar-refractivity contribution is 5.56. The largest absolute Gasteiger partial charge is 0.481 e. The lowest BCUT2D eigenvalue weighted by molar-refractivity contribution is 0.397. The zero-order chi connectivity index (χ0) is 13.9. The van der Waals surface area contributed by atoms with E-state index in [-0.39, 0.29) is 0 Å². The highest BCUT2D eigenvalue weighted by atomic mass is 16.5. The van der Waals surface area contributed by atoms with Gasteiger partial charge in [-0.1, -0.05) is 0 Å². The predicted octanol–water partition coefficient (Wildman–Crippen LogP) is 2.04. The van der Waals surface area contributed by atoms with E-state index in [2.05, 4.69) is 20.1 Å². The molecule has 100 valence electrons. The molecule has 0 bridgehead atoms. The Kier molecular flexibility index (Phi) is 3.12. The Morgan fingerprint density at radius 2 is 1.90 bits per heavy atom. The molecule has 0 aliphatic carbocycles. The molecule has 3 aromatic rings. The zero-order valence-corrected chi connectivity index (χ0v) is 11.2. The van der Waals surface area contributed by atoms with E-state index in [0.29, 0.717) is 5.88 Å². The lowest BCUT2D eigenvalue weighted by Gasteiger charge is -2.07. The average molecular weight is 267 g/mol. The van der Waals surface area contributed by atoms with E-state index < -0.39 is 0 Å². The first-order chi connectivity index (χ1) is 9.78. The molecule has 0 saturated heterocycles. The van der Waals surface area contributed by atoms with Crippen LogP contribution in [-0.2, 0) is 0 Å². The van der Waals surface area contributed by atoms with Gasteiger partial charge in [-0.2, -0.15) is 5.10 Å². The molecule has 0 spiro atoms. The monoisotopic (exact) mass is 267 g/mol. The highest BCUT2D eigenvalue weighted by Gasteiger charge is 2.09. The number of ether oxygens (including phenoxy) is 1. The van der Waals surface area contributed by atoms with Crippen molar-refractivity contribution in [2.75, 3.05) is 7.11 Å².